The van der Waals surface area contributed by atoms with Crippen LogP contribution in [-0.4, -0.2) is 35.2 Å². The number of carbonyl (C=O) groups excluding carboxylic acids is 1. The van der Waals surface area contributed by atoms with Crippen LogP contribution in [0, 0.1) is 5.92 Å². The minimum atomic E-state index is 0.0988. The first-order chi connectivity index (χ1) is 7.26. The first-order valence-corrected chi connectivity index (χ1v) is 6.58. The Bertz CT molecular complexity index is 231. The molecule has 0 saturated heterocycles. The zero-order valence-electron chi connectivity index (χ0n) is 9.11. The van der Waals surface area contributed by atoms with Crippen molar-refractivity contribution in [2.75, 3.05) is 18.1 Å². The van der Waals surface area contributed by atoms with Crippen molar-refractivity contribution in [3.63, 3.8) is 0 Å². The van der Waals surface area contributed by atoms with Gasteiger partial charge >= 0.3 is 0 Å². The van der Waals surface area contributed by atoms with Gasteiger partial charge in [-0.2, -0.15) is 11.8 Å². The summed E-state index contributed by atoms with van der Waals surface area (Å²) in [5, 5.41) is 11.9. The fraction of sp³-hybridized carbons (Fsp3) is 0.727. The second kappa shape index (κ2) is 6.90. The van der Waals surface area contributed by atoms with Gasteiger partial charge in [0.15, 0.2) is 0 Å². The molecule has 1 rings (SSSR count). The molecular weight excluding hydrogens is 210 g/mol. The van der Waals surface area contributed by atoms with Gasteiger partial charge in [0.2, 0.25) is 5.91 Å². The summed E-state index contributed by atoms with van der Waals surface area (Å²) in [6.07, 6.45) is 5.89. The van der Waals surface area contributed by atoms with Crippen LogP contribution >= 0.6 is 11.8 Å². The van der Waals surface area contributed by atoms with Crippen molar-refractivity contribution in [2.45, 2.75) is 25.8 Å². The standard InChI is InChI=1S/C11H19NO2S/c1-2-5-15-8-11(14)12-10-4-3-9(6-10)7-13/h3-4,9-10,13H,2,5-8H2,1H3,(H,12,14)/t9-,10+/m0/s1. The monoisotopic (exact) mass is 229 g/mol. The molecule has 1 aliphatic rings. The summed E-state index contributed by atoms with van der Waals surface area (Å²) in [6, 6.07) is 0.122. The lowest BCUT2D eigenvalue weighted by atomic mass is 10.1. The zero-order valence-corrected chi connectivity index (χ0v) is 9.93. The van der Waals surface area contributed by atoms with E-state index >= 15 is 0 Å². The van der Waals surface area contributed by atoms with Crippen molar-refractivity contribution in [3.8, 4) is 0 Å². The Morgan fingerprint density at radius 2 is 2.40 bits per heavy atom. The molecule has 0 spiro atoms. The number of rotatable bonds is 6. The Hall–Kier alpha value is -0.480. The summed E-state index contributed by atoms with van der Waals surface area (Å²) in [6.45, 7) is 2.28. The largest absolute Gasteiger partial charge is 0.396 e. The molecular formula is C11H19NO2S. The topological polar surface area (TPSA) is 49.3 Å². The fourth-order valence-electron chi connectivity index (χ4n) is 1.57. The molecule has 0 aromatic rings. The second-order valence-corrected chi connectivity index (χ2v) is 4.90. The molecule has 0 aromatic carbocycles. The van der Waals surface area contributed by atoms with Gasteiger partial charge in [-0.15, -0.1) is 0 Å². The highest BCUT2D eigenvalue weighted by molar-refractivity contribution is 7.99. The van der Waals surface area contributed by atoms with Crippen LogP contribution in [0.15, 0.2) is 12.2 Å². The van der Waals surface area contributed by atoms with Gasteiger partial charge in [-0.1, -0.05) is 19.1 Å². The Morgan fingerprint density at radius 1 is 1.60 bits per heavy atom. The molecule has 0 aliphatic heterocycles. The van der Waals surface area contributed by atoms with Crippen molar-refractivity contribution in [2.24, 2.45) is 5.92 Å². The number of aliphatic hydroxyl groups is 1. The third-order valence-electron chi connectivity index (χ3n) is 2.33. The number of thioether (sulfide) groups is 1. The van der Waals surface area contributed by atoms with E-state index in [1.54, 1.807) is 11.8 Å². The van der Waals surface area contributed by atoms with Crippen LogP contribution < -0.4 is 5.32 Å². The summed E-state index contributed by atoms with van der Waals surface area (Å²) in [5.41, 5.74) is 0. The molecule has 2 N–H and O–H groups in total. The number of amides is 1. The lowest BCUT2D eigenvalue weighted by Crippen LogP contribution is -2.34. The molecule has 0 fully saturated rings. The van der Waals surface area contributed by atoms with Crippen LogP contribution in [0.5, 0.6) is 0 Å². The molecule has 0 unspecified atom stereocenters. The average Bonchev–Trinajstić information content (AvgIpc) is 2.66. The first-order valence-electron chi connectivity index (χ1n) is 5.42. The summed E-state index contributed by atoms with van der Waals surface area (Å²) in [5.74, 6) is 1.90. The summed E-state index contributed by atoms with van der Waals surface area (Å²) in [4.78, 5) is 11.4. The van der Waals surface area contributed by atoms with Crippen molar-refractivity contribution in [1.82, 2.24) is 5.32 Å². The third kappa shape index (κ3) is 4.71. The van der Waals surface area contributed by atoms with Crippen molar-refractivity contribution in [3.05, 3.63) is 12.2 Å². The SMILES string of the molecule is CCCSCC(=O)N[C@@H]1C=C[C@H](CO)C1. The Kier molecular flexibility index (Phi) is 5.79. The molecule has 3 nitrogen and oxygen atoms in total. The average molecular weight is 229 g/mol. The maximum atomic E-state index is 11.4. The van der Waals surface area contributed by atoms with E-state index in [-0.39, 0.29) is 24.5 Å². The van der Waals surface area contributed by atoms with Gasteiger partial charge in [0.05, 0.1) is 5.75 Å². The lowest BCUT2D eigenvalue weighted by Gasteiger charge is -2.12. The van der Waals surface area contributed by atoms with E-state index < -0.39 is 0 Å². The molecule has 1 aliphatic carbocycles. The molecule has 86 valence electrons. The number of nitrogens with one attached hydrogen (secondary N) is 1. The highest BCUT2D eigenvalue weighted by Gasteiger charge is 2.19. The third-order valence-corrected chi connectivity index (χ3v) is 3.50. The molecule has 4 heteroatoms. The Morgan fingerprint density at radius 3 is 3.00 bits per heavy atom. The van der Waals surface area contributed by atoms with Crippen LogP contribution in [0.1, 0.15) is 19.8 Å². The quantitative estimate of drug-likeness (QED) is 0.531. The highest BCUT2D eigenvalue weighted by Crippen LogP contribution is 2.17. The van der Waals surface area contributed by atoms with Crippen molar-refractivity contribution < 1.29 is 9.90 Å². The number of hydrogen-bond acceptors (Lipinski definition) is 3. The summed E-state index contributed by atoms with van der Waals surface area (Å²) < 4.78 is 0. The molecule has 0 saturated carbocycles. The van der Waals surface area contributed by atoms with E-state index in [4.69, 9.17) is 5.11 Å². The fourth-order valence-corrected chi connectivity index (χ4v) is 2.28. The van der Waals surface area contributed by atoms with E-state index in [0.717, 1.165) is 18.6 Å². The Labute approximate surface area is 95.3 Å². The molecule has 0 aromatic heterocycles. The second-order valence-electron chi connectivity index (χ2n) is 3.79. The predicted octanol–water partition coefficient (Wildman–Crippen LogP) is 1.18. The molecule has 2 atom stereocenters. The minimum Gasteiger partial charge on any atom is -0.396 e. The van der Waals surface area contributed by atoms with Gasteiger partial charge < -0.3 is 10.4 Å². The van der Waals surface area contributed by atoms with Gasteiger partial charge in [-0.3, -0.25) is 4.79 Å². The van der Waals surface area contributed by atoms with Crippen LogP contribution in [0.2, 0.25) is 0 Å². The summed E-state index contributed by atoms with van der Waals surface area (Å²) >= 11 is 1.67. The van der Waals surface area contributed by atoms with Crippen LogP contribution in [-0.2, 0) is 4.79 Å². The zero-order chi connectivity index (χ0) is 11.1. The van der Waals surface area contributed by atoms with Crippen LogP contribution in [0.4, 0.5) is 0 Å². The molecule has 15 heavy (non-hydrogen) atoms. The molecule has 0 heterocycles. The number of carbonyl (C=O) groups is 1. The van der Waals surface area contributed by atoms with E-state index in [1.165, 1.54) is 0 Å². The van der Waals surface area contributed by atoms with Crippen LogP contribution in [0.25, 0.3) is 0 Å². The van der Waals surface area contributed by atoms with Gasteiger partial charge in [0, 0.05) is 18.6 Å². The van der Waals surface area contributed by atoms with E-state index in [1.807, 2.05) is 12.2 Å². The van der Waals surface area contributed by atoms with E-state index in [2.05, 4.69) is 12.2 Å². The van der Waals surface area contributed by atoms with Crippen LogP contribution in [0.3, 0.4) is 0 Å². The molecule has 1 amide bonds. The molecule has 0 radical (unpaired) electrons. The normalized spacial score (nSPS) is 24.4. The van der Waals surface area contributed by atoms with Gasteiger partial charge in [-0.05, 0) is 18.6 Å². The Balaban J connectivity index is 2.14. The van der Waals surface area contributed by atoms with Crippen molar-refractivity contribution >= 4 is 17.7 Å². The summed E-state index contributed by atoms with van der Waals surface area (Å²) in [7, 11) is 0. The van der Waals surface area contributed by atoms with Gasteiger partial charge in [-0.25, -0.2) is 0 Å². The maximum Gasteiger partial charge on any atom is 0.230 e. The van der Waals surface area contributed by atoms with Gasteiger partial charge in [0.1, 0.15) is 0 Å². The number of aliphatic hydroxyl groups excluding tert-OH is 1. The minimum absolute atomic E-state index is 0.0988. The van der Waals surface area contributed by atoms with E-state index in [9.17, 15) is 4.79 Å². The highest BCUT2D eigenvalue weighted by atomic mass is 32.2. The van der Waals surface area contributed by atoms with Gasteiger partial charge in [0.25, 0.3) is 0 Å². The maximum absolute atomic E-state index is 11.4. The predicted molar refractivity (Wildman–Crippen MR) is 63.9 cm³/mol. The molecule has 0 bridgehead atoms. The number of hydrogen-bond donors (Lipinski definition) is 2. The van der Waals surface area contributed by atoms with Crippen molar-refractivity contribution in [1.29, 1.82) is 0 Å². The van der Waals surface area contributed by atoms with E-state index in [0.29, 0.717) is 5.75 Å². The first kappa shape index (κ1) is 12.6. The lowest BCUT2D eigenvalue weighted by molar-refractivity contribution is -0.119. The smallest absolute Gasteiger partial charge is 0.230 e.